The monoisotopic (exact) mass is 468 g/mol. The summed E-state index contributed by atoms with van der Waals surface area (Å²) >= 11 is 0. The Balaban J connectivity index is 1.51. The third-order valence-corrected chi connectivity index (χ3v) is 5.83. The molecule has 1 aromatic carbocycles. The van der Waals surface area contributed by atoms with Crippen LogP contribution in [0.3, 0.4) is 0 Å². The van der Waals surface area contributed by atoms with Crippen molar-refractivity contribution < 1.29 is 8.78 Å². The predicted molar refractivity (Wildman–Crippen MR) is 130 cm³/mol. The van der Waals surface area contributed by atoms with Gasteiger partial charge in [0.1, 0.15) is 17.2 Å². The van der Waals surface area contributed by atoms with Crippen LogP contribution in [0.4, 0.5) is 14.5 Å². The minimum absolute atomic E-state index is 0.168. The lowest BCUT2D eigenvalue weighted by Crippen LogP contribution is -2.09. The molecule has 35 heavy (non-hydrogen) atoms. The molecule has 6 rings (SSSR count). The molecule has 0 bridgehead atoms. The van der Waals surface area contributed by atoms with Gasteiger partial charge in [0.05, 0.1) is 46.2 Å². The number of nitrogens with zero attached hydrogens (tertiary/aromatic N) is 6. The number of pyridine rings is 3. The van der Waals surface area contributed by atoms with Gasteiger partial charge in [-0.3, -0.25) is 20.1 Å². The van der Waals surface area contributed by atoms with E-state index in [9.17, 15) is 4.39 Å². The van der Waals surface area contributed by atoms with Crippen LogP contribution in [0.5, 0.6) is 0 Å². The Hall–Kier alpha value is -4.73. The minimum Gasteiger partial charge on any atom is -0.376 e. The van der Waals surface area contributed by atoms with Crippen LogP contribution in [-0.2, 0) is 0 Å². The number of aromatic amines is 2. The summed E-state index contributed by atoms with van der Waals surface area (Å²) < 4.78 is 29.3. The van der Waals surface area contributed by atoms with Gasteiger partial charge >= 0.3 is 0 Å². The molecule has 0 aliphatic carbocycles. The maximum atomic E-state index is 15.9. The van der Waals surface area contributed by atoms with Crippen LogP contribution >= 0.6 is 0 Å². The zero-order valence-electron chi connectivity index (χ0n) is 18.7. The molecule has 0 unspecified atom stereocenters. The fourth-order valence-corrected chi connectivity index (χ4v) is 4.04. The van der Waals surface area contributed by atoms with Crippen molar-refractivity contribution in [3.05, 3.63) is 73.0 Å². The molecule has 5 aromatic heterocycles. The molecule has 0 aliphatic heterocycles. The normalized spacial score (nSPS) is 11.4. The van der Waals surface area contributed by atoms with Gasteiger partial charge in [-0.05, 0) is 23.8 Å². The number of rotatable bonds is 4. The highest BCUT2D eigenvalue weighted by Gasteiger charge is 2.21. The molecule has 0 spiro atoms. The van der Waals surface area contributed by atoms with Crippen LogP contribution in [0.2, 0.25) is 0 Å². The molecule has 0 aliphatic rings. The summed E-state index contributed by atoms with van der Waals surface area (Å²) in [5, 5.41) is 7.43. The third kappa shape index (κ3) is 3.46. The summed E-state index contributed by atoms with van der Waals surface area (Å²) in [7, 11) is 3.77. The quantitative estimate of drug-likeness (QED) is 0.379. The van der Waals surface area contributed by atoms with Gasteiger partial charge in [0.25, 0.3) is 0 Å². The number of hydrogen-bond acceptors (Lipinski definition) is 6. The molecule has 5 heterocycles. The van der Waals surface area contributed by atoms with Crippen LogP contribution in [-0.4, -0.2) is 49.2 Å². The smallest absolute Gasteiger partial charge is 0.161 e. The minimum atomic E-state index is -0.527. The van der Waals surface area contributed by atoms with E-state index in [0.29, 0.717) is 33.6 Å². The van der Waals surface area contributed by atoms with Crippen LogP contribution in [0.25, 0.3) is 55.8 Å². The molecule has 0 saturated carbocycles. The second kappa shape index (κ2) is 7.94. The Morgan fingerprint density at radius 3 is 2.43 bits per heavy atom. The van der Waals surface area contributed by atoms with E-state index in [-0.39, 0.29) is 16.9 Å². The Bertz CT molecular complexity index is 1700. The first-order valence-corrected chi connectivity index (χ1v) is 10.7. The Morgan fingerprint density at radius 1 is 0.829 bits per heavy atom. The van der Waals surface area contributed by atoms with E-state index in [4.69, 9.17) is 4.98 Å². The topological polar surface area (TPSA) is 99.3 Å². The van der Waals surface area contributed by atoms with Gasteiger partial charge in [-0.2, -0.15) is 5.10 Å². The second-order valence-electron chi connectivity index (χ2n) is 8.28. The molecule has 8 nitrogen and oxygen atoms in total. The molecule has 10 heteroatoms. The molecule has 6 aromatic rings. The first kappa shape index (κ1) is 20.8. The molecule has 0 amide bonds. The highest BCUT2D eigenvalue weighted by Crippen LogP contribution is 2.34. The highest BCUT2D eigenvalue weighted by atomic mass is 19.1. The average molecular weight is 468 g/mol. The van der Waals surface area contributed by atoms with Crippen molar-refractivity contribution in [2.24, 2.45) is 0 Å². The van der Waals surface area contributed by atoms with Crippen LogP contribution in [0.1, 0.15) is 0 Å². The molecule has 2 N–H and O–H groups in total. The van der Waals surface area contributed by atoms with Crippen molar-refractivity contribution in [3.8, 4) is 33.9 Å². The standard InChI is InChI=1S/C25H18F2N8/c1-35(2)16-7-14(8-28-9-16)22-21(27)20-18(12-30-22)33-34-24(20)25-31-19-11-29-10-17(23(19)32-25)13-3-5-15(26)6-4-13/h3-12H,1-2H3,(H,31,32)(H,33,34). The van der Waals surface area contributed by atoms with Crippen LogP contribution < -0.4 is 4.90 Å². The van der Waals surface area contributed by atoms with Crippen LogP contribution in [0, 0.1) is 11.6 Å². The lowest BCUT2D eigenvalue weighted by molar-refractivity contribution is 0.628. The Kier molecular flexibility index (Phi) is 4.73. The van der Waals surface area contributed by atoms with Crippen LogP contribution in [0.15, 0.2) is 61.3 Å². The number of halogens is 2. The van der Waals surface area contributed by atoms with Gasteiger partial charge in [-0.25, -0.2) is 13.8 Å². The molecule has 172 valence electrons. The predicted octanol–water partition coefficient (Wildman–Crippen LogP) is 4.97. The van der Waals surface area contributed by atoms with E-state index >= 15 is 4.39 Å². The van der Waals surface area contributed by atoms with Crippen molar-refractivity contribution in [2.45, 2.75) is 0 Å². The number of H-pyrrole nitrogens is 2. The molecule has 0 fully saturated rings. The Morgan fingerprint density at radius 2 is 1.63 bits per heavy atom. The van der Waals surface area contributed by atoms with E-state index in [1.54, 1.807) is 43.1 Å². The number of benzene rings is 1. The van der Waals surface area contributed by atoms with E-state index in [1.807, 2.05) is 25.1 Å². The number of hydrogen-bond donors (Lipinski definition) is 2. The van der Waals surface area contributed by atoms with Crippen molar-refractivity contribution in [1.29, 1.82) is 0 Å². The SMILES string of the molecule is CN(C)c1cncc(-c2ncc3[nH]nc(-c4nc5c(-c6ccc(F)cc6)cncc5[nH]4)c3c2F)c1. The van der Waals surface area contributed by atoms with Crippen molar-refractivity contribution >= 4 is 27.6 Å². The summed E-state index contributed by atoms with van der Waals surface area (Å²) in [5.41, 5.74) is 5.06. The number of nitrogens with one attached hydrogen (secondary N) is 2. The maximum Gasteiger partial charge on any atom is 0.161 e. The fraction of sp³-hybridized carbons (Fsp3) is 0.0800. The van der Waals surface area contributed by atoms with E-state index in [0.717, 1.165) is 16.8 Å². The van der Waals surface area contributed by atoms with Crippen molar-refractivity contribution in [2.75, 3.05) is 19.0 Å². The number of fused-ring (bicyclic) bond motifs is 2. The van der Waals surface area contributed by atoms with E-state index in [2.05, 4.69) is 30.1 Å². The second-order valence-corrected chi connectivity index (χ2v) is 8.28. The summed E-state index contributed by atoms with van der Waals surface area (Å²) in [6.45, 7) is 0. The van der Waals surface area contributed by atoms with Crippen molar-refractivity contribution in [3.63, 3.8) is 0 Å². The largest absolute Gasteiger partial charge is 0.376 e. The lowest BCUT2D eigenvalue weighted by atomic mass is 10.1. The number of aromatic nitrogens is 7. The zero-order chi connectivity index (χ0) is 24.1. The first-order chi connectivity index (χ1) is 17.0. The van der Waals surface area contributed by atoms with E-state index in [1.165, 1.54) is 12.1 Å². The fourth-order valence-electron chi connectivity index (χ4n) is 4.04. The average Bonchev–Trinajstić information content (AvgIpc) is 3.49. The first-order valence-electron chi connectivity index (χ1n) is 10.7. The summed E-state index contributed by atoms with van der Waals surface area (Å²) in [6.07, 6.45) is 8.11. The molecular formula is C25H18F2N8. The van der Waals surface area contributed by atoms with Crippen molar-refractivity contribution in [1.82, 2.24) is 35.1 Å². The molecule has 0 atom stereocenters. The zero-order valence-corrected chi connectivity index (χ0v) is 18.7. The number of anilines is 1. The summed E-state index contributed by atoms with van der Waals surface area (Å²) in [6, 6.07) is 7.92. The lowest BCUT2D eigenvalue weighted by Gasteiger charge is -2.13. The third-order valence-electron chi connectivity index (χ3n) is 5.83. The van der Waals surface area contributed by atoms with Gasteiger partial charge in [0.15, 0.2) is 11.6 Å². The highest BCUT2D eigenvalue weighted by molar-refractivity contribution is 5.97. The van der Waals surface area contributed by atoms with E-state index < -0.39 is 5.82 Å². The maximum absolute atomic E-state index is 15.9. The summed E-state index contributed by atoms with van der Waals surface area (Å²) in [4.78, 5) is 22.6. The van der Waals surface area contributed by atoms with Gasteiger partial charge in [-0.1, -0.05) is 12.1 Å². The Labute approximate surface area is 197 Å². The van der Waals surface area contributed by atoms with Gasteiger partial charge in [-0.15, -0.1) is 0 Å². The molecular weight excluding hydrogens is 450 g/mol. The van der Waals surface area contributed by atoms with Gasteiger partial charge < -0.3 is 9.88 Å². The molecule has 0 saturated heterocycles. The van der Waals surface area contributed by atoms with Gasteiger partial charge in [0, 0.05) is 37.6 Å². The number of imidazole rings is 1. The summed E-state index contributed by atoms with van der Waals surface area (Å²) in [5.74, 6) is -0.481. The van der Waals surface area contributed by atoms with Gasteiger partial charge in [0.2, 0.25) is 0 Å². The molecule has 0 radical (unpaired) electrons.